The summed E-state index contributed by atoms with van der Waals surface area (Å²) < 4.78 is 18.6. The van der Waals surface area contributed by atoms with Gasteiger partial charge in [0.2, 0.25) is 0 Å². The number of nitrogens with zero attached hydrogens (tertiary/aromatic N) is 2. The third-order valence-electron chi connectivity index (χ3n) is 4.90. The SMILES string of the molecule is CCOC(=O)c1cn2nccc(Oc3ccc4c(C(=O)NC)c(C)oc4c3)c2c1C. The predicted octanol–water partition coefficient (Wildman–Crippen LogP) is 4.03. The first-order valence-electron chi connectivity index (χ1n) is 9.51. The summed E-state index contributed by atoms with van der Waals surface area (Å²) in [5.74, 6) is 0.999. The number of benzene rings is 1. The van der Waals surface area contributed by atoms with Gasteiger partial charge in [-0.3, -0.25) is 4.79 Å². The van der Waals surface area contributed by atoms with E-state index in [1.54, 1.807) is 62.1 Å². The van der Waals surface area contributed by atoms with Crippen LogP contribution in [0, 0.1) is 13.8 Å². The maximum atomic E-state index is 12.2. The highest BCUT2D eigenvalue weighted by Crippen LogP contribution is 2.34. The number of furan rings is 1. The highest BCUT2D eigenvalue weighted by molar-refractivity contribution is 6.07. The number of rotatable bonds is 5. The lowest BCUT2D eigenvalue weighted by Crippen LogP contribution is -2.18. The molecule has 0 aliphatic rings. The number of carbonyl (C=O) groups is 2. The number of nitrogens with one attached hydrogen (secondary N) is 1. The van der Waals surface area contributed by atoms with Crippen LogP contribution in [0.3, 0.4) is 0 Å². The first-order valence-corrected chi connectivity index (χ1v) is 9.51. The van der Waals surface area contributed by atoms with Gasteiger partial charge in [-0.15, -0.1) is 0 Å². The van der Waals surface area contributed by atoms with E-state index >= 15 is 0 Å². The fraction of sp³-hybridized carbons (Fsp3) is 0.227. The van der Waals surface area contributed by atoms with Crippen molar-refractivity contribution >= 4 is 28.4 Å². The fourth-order valence-corrected chi connectivity index (χ4v) is 3.52. The fourth-order valence-electron chi connectivity index (χ4n) is 3.52. The molecule has 0 saturated heterocycles. The Morgan fingerprint density at radius 3 is 2.77 bits per heavy atom. The van der Waals surface area contributed by atoms with E-state index in [1.807, 2.05) is 6.92 Å². The molecule has 0 spiro atoms. The van der Waals surface area contributed by atoms with Gasteiger partial charge >= 0.3 is 5.97 Å². The minimum absolute atomic E-state index is 0.203. The Balaban J connectivity index is 1.75. The summed E-state index contributed by atoms with van der Waals surface area (Å²) in [6.07, 6.45) is 3.22. The quantitative estimate of drug-likeness (QED) is 0.502. The van der Waals surface area contributed by atoms with E-state index in [1.165, 1.54) is 0 Å². The normalized spacial score (nSPS) is 11.1. The van der Waals surface area contributed by atoms with E-state index < -0.39 is 5.97 Å². The molecule has 0 aliphatic heterocycles. The van der Waals surface area contributed by atoms with Gasteiger partial charge in [-0.05, 0) is 38.5 Å². The molecule has 0 bridgehead atoms. The third kappa shape index (κ3) is 3.16. The Morgan fingerprint density at radius 2 is 2.03 bits per heavy atom. The summed E-state index contributed by atoms with van der Waals surface area (Å²) in [5.41, 5.74) is 2.88. The van der Waals surface area contributed by atoms with Crippen molar-refractivity contribution in [2.24, 2.45) is 0 Å². The van der Waals surface area contributed by atoms with Crippen LogP contribution in [0.15, 0.2) is 41.1 Å². The standard InChI is InChI=1S/C22H21N3O5/c1-5-28-22(27)16-11-25-20(12(16)2)17(8-9-24-25)30-14-6-7-15-18(10-14)29-13(3)19(15)21(26)23-4/h6-11H,5H2,1-4H3,(H,23,26). The maximum Gasteiger partial charge on any atom is 0.340 e. The average Bonchev–Trinajstić information content (AvgIpc) is 3.24. The minimum atomic E-state index is -0.402. The summed E-state index contributed by atoms with van der Waals surface area (Å²) >= 11 is 0. The number of aryl methyl sites for hydroxylation is 2. The monoisotopic (exact) mass is 407 g/mol. The van der Waals surface area contributed by atoms with Crippen molar-refractivity contribution in [1.29, 1.82) is 0 Å². The van der Waals surface area contributed by atoms with Crippen molar-refractivity contribution in [3.05, 3.63) is 59.1 Å². The van der Waals surface area contributed by atoms with Gasteiger partial charge in [0.15, 0.2) is 5.75 Å². The third-order valence-corrected chi connectivity index (χ3v) is 4.90. The largest absolute Gasteiger partial charge is 0.462 e. The number of ether oxygens (including phenoxy) is 2. The summed E-state index contributed by atoms with van der Waals surface area (Å²) in [6.45, 7) is 5.63. The molecule has 4 rings (SSSR count). The first-order chi connectivity index (χ1) is 14.4. The minimum Gasteiger partial charge on any atom is -0.462 e. The molecule has 0 saturated carbocycles. The number of fused-ring (bicyclic) bond motifs is 2. The van der Waals surface area contributed by atoms with Crippen LogP contribution in [0.4, 0.5) is 0 Å². The van der Waals surface area contributed by atoms with Crippen molar-refractivity contribution < 1.29 is 23.5 Å². The Morgan fingerprint density at radius 1 is 1.23 bits per heavy atom. The van der Waals surface area contributed by atoms with E-state index in [-0.39, 0.29) is 5.91 Å². The maximum absolute atomic E-state index is 12.2. The zero-order valence-corrected chi connectivity index (χ0v) is 17.1. The van der Waals surface area contributed by atoms with Gasteiger partial charge in [0, 0.05) is 30.8 Å². The van der Waals surface area contributed by atoms with Crippen molar-refractivity contribution in [2.45, 2.75) is 20.8 Å². The molecule has 4 aromatic rings. The second-order valence-electron chi connectivity index (χ2n) is 6.75. The Kier molecular flexibility index (Phi) is 4.91. The van der Waals surface area contributed by atoms with Crippen LogP contribution in [-0.2, 0) is 4.74 Å². The molecule has 3 heterocycles. The zero-order chi connectivity index (χ0) is 21.4. The second kappa shape index (κ2) is 7.55. The van der Waals surface area contributed by atoms with E-state index in [4.69, 9.17) is 13.9 Å². The predicted molar refractivity (Wildman–Crippen MR) is 110 cm³/mol. The average molecular weight is 407 g/mol. The number of hydrogen-bond donors (Lipinski definition) is 1. The number of amides is 1. The number of hydrogen-bond acceptors (Lipinski definition) is 6. The van der Waals surface area contributed by atoms with E-state index in [0.29, 0.717) is 57.0 Å². The molecule has 154 valence electrons. The first kappa shape index (κ1) is 19.5. The molecule has 1 N–H and O–H groups in total. The molecule has 1 amide bonds. The number of esters is 1. The molecule has 8 heteroatoms. The molecular formula is C22H21N3O5. The van der Waals surface area contributed by atoms with Gasteiger partial charge < -0.3 is 19.2 Å². The molecular weight excluding hydrogens is 386 g/mol. The summed E-state index contributed by atoms with van der Waals surface area (Å²) in [7, 11) is 1.58. The van der Waals surface area contributed by atoms with E-state index in [2.05, 4.69) is 10.4 Å². The highest BCUT2D eigenvalue weighted by atomic mass is 16.5. The van der Waals surface area contributed by atoms with Gasteiger partial charge in [-0.2, -0.15) is 5.10 Å². The summed E-state index contributed by atoms with van der Waals surface area (Å²) in [5, 5.41) is 7.60. The number of aromatic nitrogens is 2. The Bertz CT molecular complexity index is 1290. The van der Waals surface area contributed by atoms with Crippen molar-refractivity contribution in [2.75, 3.05) is 13.7 Å². The van der Waals surface area contributed by atoms with Crippen molar-refractivity contribution in [1.82, 2.24) is 14.9 Å². The van der Waals surface area contributed by atoms with Crippen LogP contribution in [0.2, 0.25) is 0 Å². The Hall–Kier alpha value is -3.81. The summed E-state index contributed by atoms with van der Waals surface area (Å²) in [6, 6.07) is 7.02. The van der Waals surface area contributed by atoms with Crippen molar-refractivity contribution in [3.63, 3.8) is 0 Å². The van der Waals surface area contributed by atoms with Crippen LogP contribution in [0.25, 0.3) is 16.5 Å². The lowest BCUT2D eigenvalue weighted by molar-refractivity contribution is 0.0525. The molecule has 0 fully saturated rings. The molecule has 0 atom stereocenters. The molecule has 3 aromatic heterocycles. The highest BCUT2D eigenvalue weighted by Gasteiger charge is 2.20. The molecule has 1 aromatic carbocycles. The Labute approximate surface area is 172 Å². The molecule has 0 radical (unpaired) electrons. The number of carbonyl (C=O) groups excluding carboxylic acids is 2. The van der Waals surface area contributed by atoms with Crippen LogP contribution in [-0.4, -0.2) is 35.1 Å². The van der Waals surface area contributed by atoms with E-state index in [0.717, 1.165) is 0 Å². The van der Waals surface area contributed by atoms with E-state index in [9.17, 15) is 9.59 Å². The molecule has 0 unspecified atom stereocenters. The van der Waals surface area contributed by atoms with Gasteiger partial charge in [0.25, 0.3) is 5.91 Å². The zero-order valence-electron chi connectivity index (χ0n) is 17.1. The lowest BCUT2D eigenvalue weighted by Gasteiger charge is -2.08. The summed E-state index contributed by atoms with van der Waals surface area (Å²) in [4.78, 5) is 24.3. The van der Waals surface area contributed by atoms with Gasteiger partial charge in [0.05, 0.1) is 23.9 Å². The lowest BCUT2D eigenvalue weighted by atomic mass is 10.1. The second-order valence-corrected chi connectivity index (χ2v) is 6.75. The van der Waals surface area contributed by atoms with Crippen LogP contribution in [0.1, 0.15) is 39.0 Å². The molecule has 30 heavy (non-hydrogen) atoms. The van der Waals surface area contributed by atoms with Gasteiger partial charge in [-0.1, -0.05) is 0 Å². The van der Waals surface area contributed by atoms with Crippen LogP contribution >= 0.6 is 0 Å². The van der Waals surface area contributed by atoms with Gasteiger partial charge in [-0.25, -0.2) is 9.31 Å². The van der Waals surface area contributed by atoms with Crippen LogP contribution in [0.5, 0.6) is 11.5 Å². The van der Waals surface area contributed by atoms with Gasteiger partial charge in [0.1, 0.15) is 22.6 Å². The van der Waals surface area contributed by atoms with Crippen molar-refractivity contribution in [3.8, 4) is 11.5 Å². The molecule has 8 nitrogen and oxygen atoms in total. The van der Waals surface area contributed by atoms with Crippen LogP contribution < -0.4 is 10.1 Å². The smallest absolute Gasteiger partial charge is 0.340 e. The molecule has 0 aliphatic carbocycles. The topological polar surface area (TPSA) is 95.1 Å².